The molecule has 5 heteroatoms. The van der Waals surface area contributed by atoms with Crippen molar-refractivity contribution in [2.45, 2.75) is 39.2 Å². The molecule has 1 amide bonds. The Morgan fingerprint density at radius 3 is 2.39 bits per heavy atom. The summed E-state index contributed by atoms with van der Waals surface area (Å²) in [5, 5.41) is 2.69. The van der Waals surface area contributed by atoms with E-state index in [1.807, 2.05) is 13.8 Å². The number of esters is 1. The van der Waals surface area contributed by atoms with Crippen molar-refractivity contribution in [2.24, 2.45) is 5.92 Å². The van der Waals surface area contributed by atoms with Gasteiger partial charge in [0.25, 0.3) is 0 Å². The smallest absolute Gasteiger partial charge is 0.323 e. The zero-order chi connectivity index (χ0) is 13.5. The van der Waals surface area contributed by atoms with Gasteiger partial charge in [-0.2, -0.15) is 0 Å². The van der Waals surface area contributed by atoms with Crippen LogP contribution < -0.4 is 5.32 Å². The SMILES string of the molecule is CCOC(=O)C(CC)N1CCC(C(=O)NC)CC1. The summed E-state index contributed by atoms with van der Waals surface area (Å²) in [7, 11) is 1.67. The molecule has 5 nitrogen and oxygen atoms in total. The van der Waals surface area contributed by atoms with Crippen LogP contribution >= 0.6 is 0 Å². The molecule has 1 fully saturated rings. The Bertz CT molecular complexity index is 286. The van der Waals surface area contributed by atoms with Gasteiger partial charge in [-0.3, -0.25) is 14.5 Å². The molecule has 1 heterocycles. The van der Waals surface area contributed by atoms with E-state index in [-0.39, 0.29) is 23.8 Å². The van der Waals surface area contributed by atoms with Gasteiger partial charge in [-0.05, 0) is 39.3 Å². The Morgan fingerprint density at radius 1 is 1.33 bits per heavy atom. The van der Waals surface area contributed by atoms with Gasteiger partial charge in [0.05, 0.1) is 6.61 Å². The lowest BCUT2D eigenvalue weighted by molar-refractivity contribution is -0.150. The van der Waals surface area contributed by atoms with E-state index in [0.717, 1.165) is 32.4 Å². The normalized spacial score (nSPS) is 19.3. The van der Waals surface area contributed by atoms with Gasteiger partial charge < -0.3 is 10.1 Å². The molecule has 1 aliphatic rings. The van der Waals surface area contributed by atoms with Crippen molar-refractivity contribution in [2.75, 3.05) is 26.7 Å². The quantitative estimate of drug-likeness (QED) is 0.739. The maximum absolute atomic E-state index is 11.8. The minimum absolute atomic E-state index is 0.0888. The molecule has 1 unspecified atom stereocenters. The maximum atomic E-state index is 11.8. The molecule has 0 saturated carbocycles. The highest BCUT2D eigenvalue weighted by Crippen LogP contribution is 2.20. The first-order valence-corrected chi connectivity index (χ1v) is 6.76. The molecule has 1 aliphatic heterocycles. The third-order valence-electron chi connectivity index (χ3n) is 3.53. The minimum atomic E-state index is -0.157. The van der Waals surface area contributed by atoms with E-state index < -0.39 is 0 Å². The Balaban J connectivity index is 2.49. The molecule has 1 atom stereocenters. The number of ether oxygens (including phenoxy) is 1. The van der Waals surface area contributed by atoms with Gasteiger partial charge >= 0.3 is 5.97 Å². The Morgan fingerprint density at radius 2 is 1.94 bits per heavy atom. The molecule has 0 aromatic heterocycles. The van der Waals surface area contributed by atoms with Crippen LogP contribution in [0.3, 0.4) is 0 Å². The number of hydrogen-bond donors (Lipinski definition) is 1. The van der Waals surface area contributed by atoms with Crippen LogP contribution in [-0.4, -0.2) is 49.6 Å². The molecule has 18 heavy (non-hydrogen) atoms. The van der Waals surface area contributed by atoms with Gasteiger partial charge in [-0.1, -0.05) is 6.92 Å². The minimum Gasteiger partial charge on any atom is -0.465 e. The van der Waals surface area contributed by atoms with Gasteiger partial charge in [0.15, 0.2) is 0 Å². The molecule has 0 radical (unpaired) electrons. The van der Waals surface area contributed by atoms with Crippen LogP contribution in [0.4, 0.5) is 0 Å². The highest BCUT2D eigenvalue weighted by Gasteiger charge is 2.31. The van der Waals surface area contributed by atoms with Crippen LogP contribution in [0.5, 0.6) is 0 Å². The van der Waals surface area contributed by atoms with E-state index in [0.29, 0.717) is 6.61 Å². The molecule has 104 valence electrons. The largest absolute Gasteiger partial charge is 0.465 e. The zero-order valence-electron chi connectivity index (χ0n) is 11.6. The summed E-state index contributed by atoms with van der Waals surface area (Å²) >= 11 is 0. The molecule has 0 bridgehead atoms. The monoisotopic (exact) mass is 256 g/mol. The van der Waals surface area contributed by atoms with Gasteiger partial charge in [0.1, 0.15) is 6.04 Å². The van der Waals surface area contributed by atoms with E-state index in [2.05, 4.69) is 10.2 Å². The molecule has 0 aromatic carbocycles. The number of nitrogens with one attached hydrogen (secondary N) is 1. The maximum Gasteiger partial charge on any atom is 0.323 e. The Labute approximate surface area is 109 Å². The molecule has 0 spiro atoms. The van der Waals surface area contributed by atoms with Crippen molar-refractivity contribution in [1.82, 2.24) is 10.2 Å². The first kappa shape index (κ1) is 15.0. The Hall–Kier alpha value is -1.10. The number of carbonyl (C=O) groups excluding carboxylic acids is 2. The molecule has 0 aliphatic carbocycles. The molecular formula is C13H24N2O3. The van der Waals surface area contributed by atoms with Crippen LogP contribution in [-0.2, 0) is 14.3 Å². The van der Waals surface area contributed by atoms with Crippen molar-refractivity contribution < 1.29 is 14.3 Å². The van der Waals surface area contributed by atoms with Crippen molar-refractivity contribution in [3.63, 3.8) is 0 Å². The van der Waals surface area contributed by atoms with Crippen LogP contribution in [0.25, 0.3) is 0 Å². The van der Waals surface area contributed by atoms with Crippen LogP contribution in [0.1, 0.15) is 33.1 Å². The van der Waals surface area contributed by atoms with E-state index in [1.54, 1.807) is 7.05 Å². The van der Waals surface area contributed by atoms with E-state index in [1.165, 1.54) is 0 Å². The fourth-order valence-corrected chi connectivity index (χ4v) is 2.49. The fourth-order valence-electron chi connectivity index (χ4n) is 2.49. The predicted molar refractivity (Wildman–Crippen MR) is 69.1 cm³/mol. The molecule has 1 saturated heterocycles. The first-order valence-electron chi connectivity index (χ1n) is 6.76. The fraction of sp³-hybridized carbons (Fsp3) is 0.846. The summed E-state index contributed by atoms with van der Waals surface area (Å²) in [4.78, 5) is 25.5. The van der Waals surface area contributed by atoms with E-state index in [4.69, 9.17) is 4.74 Å². The molecule has 1 rings (SSSR count). The summed E-state index contributed by atoms with van der Waals surface area (Å²) < 4.78 is 5.08. The number of nitrogens with zero attached hydrogens (tertiary/aromatic N) is 1. The second-order valence-electron chi connectivity index (χ2n) is 4.60. The summed E-state index contributed by atoms with van der Waals surface area (Å²) in [6.45, 7) is 5.81. The summed E-state index contributed by atoms with van der Waals surface area (Å²) in [5.74, 6) is 0.0585. The van der Waals surface area contributed by atoms with Crippen molar-refractivity contribution in [3.05, 3.63) is 0 Å². The number of likely N-dealkylation sites (tertiary alicyclic amines) is 1. The number of amides is 1. The summed E-state index contributed by atoms with van der Waals surface area (Å²) in [6, 6.07) is -0.157. The number of hydrogen-bond acceptors (Lipinski definition) is 4. The standard InChI is InChI=1S/C13H24N2O3/c1-4-11(13(17)18-5-2)15-8-6-10(7-9-15)12(16)14-3/h10-11H,4-9H2,1-3H3,(H,14,16). The second kappa shape index (κ2) is 7.36. The summed E-state index contributed by atoms with van der Waals surface area (Å²) in [6.07, 6.45) is 2.38. The zero-order valence-corrected chi connectivity index (χ0v) is 11.6. The summed E-state index contributed by atoms with van der Waals surface area (Å²) in [5.41, 5.74) is 0. The molecular weight excluding hydrogens is 232 g/mol. The Kier molecular flexibility index (Phi) is 6.12. The van der Waals surface area contributed by atoms with Gasteiger partial charge in [-0.25, -0.2) is 0 Å². The van der Waals surface area contributed by atoms with Crippen LogP contribution in [0.2, 0.25) is 0 Å². The van der Waals surface area contributed by atoms with Gasteiger partial charge in [0, 0.05) is 13.0 Å². The van der Waals surface area contributed by atoms with Crippen molar-refractivity contribution >= 4 is 11.9 Å². The second-order valence-corrected chi connectivity index (χ2v) is 4.60. The molecule has 1 N–H and O–H groups in total. The number of rotatable bonds is 5. The predicted octanol–water partition coefficient (Wildman–Crippen LogP) is 0.786. The lowest BCUT2D eigenvalue weighted by Crippen LogP contribution is -2.47. The number of carbonyl (C=O) groups is 2. The average Bonchev–Trinajstić information content (AvgIpc) is 2.40. The topological polar surface area (TPSA) is 58.6 Å². The lowest BCUT2D eigenvalue weighted by atomic mass is 9.94. The lowest BCUT2D eigenvalue weighted by Gasteiger charge is -2.35. The third-order valence-corrected chi connectivity index (χ3v) is 3.53. The van der Waals surface area contributed by atoms with Gasteiger partial charge in [-0.15, -0.1) is 0 Å². The van der Waals surface area contributed by atoms with Crippen LogP contribution in [0, 0.1) is 5.92 Å². The number of piperidine rings is 1. The van der Waals surface area contributed by atoms with E-state index in [9.17, 15) is 9.59 Å². The third kappa shape index (κ3) is 3.70. The van der Waals surface area contributed by atoms with Crippen molar-refractivity contribution in [3.8, 4) is 0 Å². The van der Waals surface area contributed by atoms with Crippen molar-refractivity contribution in [1.29, 1.82) is 0 Å². The average molecular weight is 256 g/mol. The van der Waals surface area contributed by atoms with E-state index >= 15 is 0 Å². The van der Waals surface area contributed by atoms with Gasteiger partial charge in [0.2, 0.25) is 5.91 Å². The highest BCUT2D eigenvalue weighted by atomic mass is 16.5. The van der Waals surface area contributed by atoms with Crippen LogP contribution in [0.15, 0.2) is 0 Å². The molecule has 0 aromatic rings. The highest BCUT2D eigenvalue weighted by molar-refractivity contribution is 5.78. The first-order chi connectivity index (χ1) is 8.63.